The first kappa shape index (κ1) is 21.8. The van der Waals surface area contributed by atoms with Crippen molar-refractivity contribution in [3.63, 3.8) is 0 Å². The summed E-state index contributed by atoms with van der Waals surface area (Å²) in [5.41, 5.74) is 0. The van der Waals surface area contributed by atoms with Gasteiger partial charge in [0.15, 0.2) is 5.79 Å². The summed E-state index contributed by atoms with van der Waals surface area (Å²) >= 11 is 0. The van der Waals surface area contributed by atoms with E-state index in [9.17, 15) is 15.3 Å². The second-order valence-corrected chi connectivity index (χ2v) is 6.80. The summed E-state index contributed by atoms with van der Waals surface area (Å²) in [5, 5.41) is 39.7. The summed E-state index contributed by atoms with van der Waals surface area (Å²) in [6.45, 7) is 4.17. The van der Waals surface area contributed by atoms with Crippen LogP contribution in [0, 0.1) is 0 Å². The molecule has 0 saturated carbocycles. The number of hydrogen-bond acceptors (Lipinski definition) is 6. The van der Waals surface area contributed by atoms with E-state index in [4.69, 9.17) is 14.6 Å². The van der Waals surface area contributed by atoms with Gasteiger partial charge in [-0.3, -0.25) is 0 Å². The monoisotopic (exact) mass is 348 g/mol. The largest absolute Gasteiger partial charge is 0.394 e. The van der Waals surface area contributed by atoms with E-state index in [0.29, 0.717) is 13.0 Å². The van der Waals surface area contributed by atoms with E-state index in [-0.39, 0.29) is 0 Å². The van der Waals surface area contributed by atoms with Gasteiger partial charge >= 0.3 is 0 Å². The van der Waals surface area contributed by atoms with Gasteiger partial charge in [-0.05, 0) is 12.8 Å². The molecule has 6 heteroatoms. The number of aliphatic hydroxyl groups is 4. The topological polar surface area (TPSA) is 99.4 Å². The van der Waals surface area contributed by atoms with E-state index < -0.39 is 36.8 Å². The summed E-state index contributed by atoms with van der Waals surface area (Å²) in [6, 6.07) is 0. The molecule has 0 amide bonds. The lowest BCUT2D eigenvalue weighted by Gasteiger charge is -2.32. The second-order valence-electron chi connectivity index (χ2n) is 6.80. The standard InChI is InChI=1S/C18H36O6/c1-3-5-7-9-11-18(23-12-10-8-6-4-2)17(22)15(21)16(24-18)14(20)13-19/h14-17,19-22H,3-13H2,1-2H3/t14-,15+,16+,17-,18+/m1/s1. The van der Waals surface area contributed by atoms with Crippen LogP contribution in [0.15, 0.2) is 0 Å². The predicted molar refractivity (Wildman–Crippen MR) is 91.6 cm³/mol. The molecular weight excluding hydrogens is 312 g/mol. The molecule has 0 aliphatic carbocycles. The Balaban J connectivity index is 2.68. The van der Waals surface area contributed by atoms with Gasteiger partial charge in [0.1, 0.15) is 24.4 Å². The molecule has 0 aromatic carbocycles. The van der Waals surface area contributed by atoms with Gasteiger partial charge in [-0.25, -0.2) is 0 Å². The molecule has 24 heavy (non-hydrogen) atoms. The second kappa shape index (κ2) is 11.4. The van der Waals surface area contributed by atoms with Crippen molar-refractivity contribution in [2.75, 3.05) is 13.2 Å². The van der Waals surface area contributed by atoms with Crippen LogP contribution in [0.3, 0.4) is 0 Å². The van der Waals surface area contributed by atoms with Gasteiger partial charge in [0.05, 0.1) is 13.2 Å². The van der Waals surface area contributed by atoms with Crippen molar-refractivity contribution in [2.24, 2.45) is 0 Å². The molecule has 1 aliphatic heterocycles. The zero-order valence-corrected chi connectivity index (χ0v) is 15.2. The van der Waals surface area contributed by atoms with Gasteiger partial charge in [-0.2, -0.15) is 0 Å². The molecule has 0 spiro atoms. The molecule has 6 nitrogen and oxygen atoms in total. The third kappa shape index (κ3) is 5.93. The Bertz CT molecular complexity index is 327. The van der Waals surface area contributed by atoms with Crippen molar-refractivity contribution in [1.82, 2.24) is 0 Å². The van der Waals surface area contributed by atoms with Crippen molar-refractivity contribution in [2.45, 2.75) is 102 Å². The van der Waals surface area contributed by atoms with Gasteiger partial charge in [0.25, 0.3) is 0 Å². The Morgan fingerprint density at radius 3 is 2.21 bits per heavy atom. The maximum absolute atomic E-state index is 10.5. The molecule has 4 N–H and O–H groups in total. The smallest absolute Gasteiger partial charge is 0.197 e. The summed E-state index contributed by atoms with van der Waals surface area (Å²) in [7, 11) is 0. The summed E-state index contributed by atoms with van der Waals surface area (Å²) in [5.74, 6) is -1.29. The molecule has 0 aromatic rings. The van der Waals surface area contributed by atoms with E-state index >= 15 is 0 Å². The molecule has 1 saturated heterocycles. The van der Waals surface area contributed by atoms with Crippen molar-refractivity contribution in [3.05, 3.63) is 0 Å². The zero-order valence-electron chi connectivity index (χ0n) is 15.2. The molecule has 1 rings (SSSR count). The van der Waals surface area contributed by atoms with Crippen molar-refractivity contribution >= 4 is 0 Å². The molecule has 0 radical (unpaired) electrons. The Kier molecular flexibility index (Phi) is 10.3. The highest BCUT2D eigenvalue weighted by molar-refractivity contribution is 4.99. The molecule has 1 aliphatic rings. The highest BCUT2D eigenvalue weighted by Crippen LogP contribution is 2.38. The quantitative estimate of drug-likeness (QED) is 0.378. The van der Waals surface area contributed by atoms with Crippen molar-refractivity contribution in [1.29, 1.82) is 0 Å². The third-order valence-corrected chi connectivity index (χ3v) is 4.74. The fraction of sp³-hybridized carbons (Fsp3) is 1.00. The number of ether oxygens (including phenoxy) is 2. The van der Waals surface area contributed by atoms with Crippen LogP contribution < -0.4 is 0 Å². The third-order valence-electron chi connectivity index (χ3n) is 4.74. The van der Waals surface area contributed by atoms with Crippen LogP contribution in [0.2, 0.25) is 0 Å². The number of unbranched alkanes of at least 4 members (excludes halogenated alkanes) is 6. The average molecular weight is 348 g/mol. The molecule has 1 heterocycles. The zero-order chi connectivity index (χ0) is 18.0. The lowest BCUT2D eigenvalue weighted by molar-refractivity contribution is -0.270. The SMILES string of the molecule is CCCCCCO[C@@]1(CCCCCC)O[C@@H]([C@H](O)CO)[C@H](O)[C@H]1O. The fourth-order valence-corrected chi connectivity index (χ4v) is 3.19. The Hall–Kier alpha value is -0.240. The van der Waals surface area contributed by atoms with Crippen LogP contribution in [0.1, 0.15) is 71.6 Å². The summed E-state index contributed by atoms with van der Waals surface area (Å²) in [4.78, 5) is 0. The Labute approximate surface area is 145 Å². The number of hydrogen-bond donors (Lipinski definition) is 4. The van der Waals surface area contributed by atoms with E-state index in [1.807, 2.05) is 0 Å². The molecule has 144 valence electrons. The maximum atomic E-state index is 10.5. The van der Waals surface area contributed by atoms with Crippen LogP contribution in [-0.4, -0.2) is 63.8 Å². The maximum Gasteiger partial charge on any atom is 0.197 e. The fourth-order valence-electron chi connectivity index (χ4n) is 3.19. The lowest BCUT2D eigenvalue weighted by atomic mass is 9.97. The van der Waals surface area contributed by atoms with E-state index in [0.717, 1.165) is 51.4 Å². The van der Waals surface area contributed by atoms with Gasteiger partial charge in [-0.15, -0.1) is 0 Å². The van der Waals surface area contributed by atoms with Crippen LogP contribution in [-0.2, 0) is 9.47 Å². The first-order valence-electron chi connectivity index (χ1n) is 9.49. The van der Waals surface area contributed by atoms with Crippen molar-refractivity contribution < 1.29 is 29.9 Å². The van der Waals surface area contributed by atoms with Gasteiger partial charge in [0.2, 0.25) is 0 Å². The first-order chi connectivity index (χ1) is 11.5. The van der Waals surface area contributed by atoms with Crippen LogP contribution in [0.5, 0.6) is 0 Å². The van der Waals surface area contributed by atoms with Crippen LogP contribution in [0.25, 0.3) is 0 Å². The molecule has 0 aromatic heterocycles. The average Bonchev–Trinajstić information content (AvgIpc) is 2.84. The summed E-state index contributed by atoms with van der Waals surface area (Å²) < 4.78 is 11.7. The van der Waals surface area contributed by atoms with E-state index in [2.05, 4.69) is 13.8 Å². The first-order valence-corrected chi connectivity index (χ1v) is 9.49. The summed E-state index contributed by atoms with van der Waals surface area (Å²) in [6.07, 6.45) is 3.87. The Morgan fingerprint density at radius 2 is 1.62 bits per heavy atom. The molecule has 5 atom stereocenters. The molecule has 1 fully saturated rings. The Morgan fingerprint density at radius 1 is 1.00 bits per heavy atom. The minimum atomic E-state index is -1.29. The minimum absolute atomic E-state index is 0.444. The normalized spacial score (nSPS) is 31.5. The predicted octanol–water partition coefficient (Wildman–Crippen LogP) is 1.72. The lowest BCUT2D eigenvalue weighted by Crippen LogP contribution is -2.46. The highest BCUT2D eigenvalue weighted by Gasteiger charge is 2.56. The van der Waals surface area contributed by atoms with E-state index in [1.54, 1.807) is 0 Å². The minimum Gasteiger partial charge on any atom is -0.394 e. The van der Waals surface area contributed by atoms with Gasteiger partial charge in [-0.1, -0.05) is 52.4 Å². The van der Waals surface area contributed by atoms with Crippen LogP contribution in [0.4, 0.5) is 0 Å². The van der Waals surface area contributed by atoms with Gasteiger partial charge in [0, 0.05) is 6.42 Å². The molecule has 0 bridgehead atoms. The number of aliphatic hydroxyl groups excluding tert-OH is 4. The molecule has 0 unspecified atom stereocenters. The van der Waals surface area contributed by atoms with Gasteiger partial charge < -0.3 is 29.9 Å². The molecular formula is C18H36O6. The highest BCUT2D eigenvalue weighted by atomic mass is 16.7. The van der Waals surface area contributed by atoms with Crippen molar-refractivity contribution in [3.8, 4) is 0 Å². The number of rotatable bonds is 13. The van der Waals surface area contributed by atoms with Crippen LogP contribution >= 0.6 is 0 Å². The van der Waals surface area contributed by atoms with E-state index in [1.165, 1.54) is 0 Å².